The van der Waals surface area contributed by atoms with Crippen LogP contribution in [0.1, 0.15) is 37.3 Å². The lowest BCUT2D eigenvalue weighted by atomic mass is 10.2. The molecule has 0 spiro atoms. The molecule has 2 aromatic rings. The molecule has 1 aromatic heterocycles. The maximum atomic E-state index is 10.5. The summed E-state index contributed by atoms with van der Waals surface area (Å²) in [5.41, 5.74) is 2.09. The van der Waals surface area contributed by atoms with Crippen molar-refractivity contribution in [3.8, 4) is 0 Å². The first-order chi connectivity index (χ1) is 9.50. The van der Waals surface area contributed by atoms with Crippen LogP contribution in [0.3, 0.4) is 0 Å². The van der Waals surface area contributed by atoms with Crippen LogP contribution in [0.2, 0.25) is 0 Å². The maximum Gasteiger partial charge on any atom is 0.106 e. The molecule has 0 saturated heterocycles. The molecule has 20 heavy (non-hydrogen) atoms. The van der Waals surface area contributed by atoms with E-state index in [0.29, 0.717) is 5.75 Å². The van der Waals surface area contributed by atoms with Gasteiger partial charge in [0.2, 0.25) is 0 Å². The zero-order chi connectivity index (χ0) is 14.7. The molecule has 3 nitrogen and oxygen atoms in total. The summed E-state index contributed by atoms with van der Waals surface area (Å²) in [7, 11) is 0. The Balaban J connectivity index is 2.11. The summed E-state index contributed by atoms with van der Waals surface area (Å²) in [5, 5.41) is 14.8. The number of benzene rings is 1. The minimum atomic E-state index is -0.543. The first kappa shape index (κ1) is 15.6. The number of aryl methyl sites for hydroxylation is 1. The molecule has 0 fully saturated rings. The fourth-order valence-electron chi connectivity index (χ4n) is 2.04. The summed E-state index contributed by atoms with van der Waals surface area (Å²) in [6, 6.07) is 8.45. The monoisotopic (exact) mass is 354 g/mol. The molecule has 1 N–H and O–H groups in total. The number of aromatic nitrogens is 2. The van der Waals surface area contributed by atoms with E-state index < -0.39 is 6.10 Å². The highest BCUT2D eigenvalue weighted by atomic mass is 79.9. The fraction of sp³-hybridized carbons (Fsp3) is 0.400. The van der Waals surface area contributed by atoms with E-state index >= 15 is 0 Å². The number of aliphatic hydroxyl groups excluding tert-OH is 1. The largest absolute Gasteiger partial charge is 0.386 e. The van der Waals surface area contributed by atoms with Crippen LogP contribution in [-0.4, -0.2) is 20.6 Å². The van der Waals surface area contributed by atoms with Crippen LogP contribution in [0.4, 0.5) is 0 Å². The van der Waals surface area contributed by atoms with E-state index in [1.807, 2.05) is 16.8 Å². The van der Waals surface area contributed by atoms with Gasteiger partial charge >= 0.3 is 0 Å². The summed E-state index contributed by atoms with van der Waals surface area (Å²) in [5.74, 6) is 0.613. The third kappa shape index (κ3) is 3.45. The van der Waals surface area contributed by atoms with E-state index in [9.17, 15) is 5.11 Å². The number of thioether (sulfide) groups is 1. The molecular formula is C15H19BrN2OS. The van der Waals surface area contributed by atoms with Crippen molar-refractivity contribution in [3.63, 3.8) is 0 Å². The van der Waals surface area contributed by atoms with Gasteiger partial charge in [-0.25, -0.2) is 0 Å². The molecule has 108 valence electrons. The summed E-state index contributed by atoms with van der Waals surface area (Å²) >= 11 is 5.14. The molecule has 0 amide bonds. The van der Waals surface area contributed by atoms with Crippen LogP contribution in [0, 0.1) is 6.92 Å². The zero-order valence-corrected chi connectivity index (χ0v) is 14.3. The molecule has 1 aromatic carbocycles. The normalized spacial score (nSPS) is 12.9. The molecule has 0 aliphatic rings. The molecule has 2 rings (SSSR count). The molecular weight excluding hydrogens is 336 g/mol. The molecule has 1 heterocycles. The molecule has 0 radical (unpaired) electrons. The fourth-order valence-corrected chi connectivity index (χ4v) is 3.54. The van der Waals surface area contributed by atoms with Gasteiger partial charge < -0.3 is 5.11 Å². The van der Waals surface area contributed by atoms with Gasteiger partial charge in [0.15, 0.2) is 0 Å². The average molecular weight is 355 g/mol. The van der Waals surface area contributed by atoms with Crippen molar-refractivity contribution in [2.45, 2.75) is 37.8 Å². The zero-order valence-electron chi connectivity index (χ0n) is 11.9. The Labute approximate surface area is 132 Å². The van der Waals surface area contributed by atoms with Crippen LogP contribution in [0.15, 0.2) is 39.8 Å². The molecule has 0 saturated carbocycles. The van der Waals surface area contributed by atoms with E-state index in [4.69, 9.17) is 0 Å². The Morgan fingerprint density at radius 3 is 2.70 bits per heavy atom. The second-order valence-corrected chi connectivity index (χ2v) is 6.92. The second kappa shape index (κ2) is 6.78. The van der Waals surface area contributed by atoms with Gasteiger partial charge in [-0.05, 0) is 48.3 Å². The standard InChI is InChI=1S/C15H19BrN2OS/c1-10(2)18-15(12(16)8-17-18)13(19)9-20-14-7-5-4-6-11(14)3/h4-8,10,13,19H,9H2,1-3H3. The van der Waals surface area contributed by atoms with Crippen molar-refractivity contribution in [2.75, 3.05) is 5.75 Å². The minimum Gasteiger partial charge on any atom is -0.386 e. The third-order valence-electron chi connectivity index (χ3n) is 3.08. The highest BCUT2D eigenvalue weighted by Crippen LogP contribution is 2.31. The Bertz CT molecular complexity index is 583. The Kier molecular flexibility index (Phi) is 5.29. The topological polar surface area (TPSA) is 38.1 Å². The van der Waals surface area contributed by atoms with Gasteiger partial charge in [-0.3, -0.25) is 4.68 Å². The maximum absolute atomic E-state index is 10.5. The van der Waals surface area contributed by atoms with Gasteiger partial charge in [-0.1, -0.05) is 18.2 Å². The number of nitrogens with zero attached hydrogens (tertiary/aromatic N) is 2. The van der Waals surface area contributed by atoms with Crippen LogP contribution >= 0.6 is 27.7 Å². The minimum absolute atomic E-state index is 0.231. The molecule has 0 aliphatic heterocycles. The summed E-state index contributed by atoms with van der Waals surface area (Å²) in [4.78, 5) is 1.21. The number of aliphatic hydroxyl groups is 1. The van der Waals surface area contributed by atoms with Crippen molar-refractivity contribution in [1.29, 1.82) is 0 Å². The molecule has 5 heteroatoms. The van der Waals surface area contributed by atoms with Gasteiger partial charge in [-0.2, -0.15) is 5.10 Å². The van der Waals surface area contributed by atoms with Gasteiger partial charge in [0.25, 0.3) is 0 Å². The first-order valence-corrected chi connectivity index (χ1v) is 8.38. The van der Waals surface area contributed by atoms with Crippen molar-refractivity contribution in [3.05, 3.63) is 46.2 Å². The average Bonchev–Trinajstić information content (AvgIpc) is 2.79. The second-order valence-electron chi connectivity index (χ2n) is 5.01. The van der Waals surface area contributed by atoms with E-state index in [1.54, 1.807) is 18.0 Å². The van der Waals surface area contributed by atoms with Gasteiger partial charge in [0, 0.05) is 16.7 Å². The predicted molar refractivity (Wildman–Crippen MR) is 87.2 cm³/mol. The van der Waals surface area contributed by atoms with E-state index in [-0.39, 0.29) is 6.04 Å². The Hall–Kier alpha value is -0.780. The summed E-state index contributed by atoms with van der Waals surface area (Å²) in [6.07, 6.45) is 1.20. The van der Waals surface area contributed by atoms with Crippen molar-refractivity contribution >= 4 is 27.7 Å². The molecule has 0 aliphatic carbocycles. The number of hydrogen-bond acceptors (Lipinski definition) is 3. The lowest BCUT2D eigenvalue weighted by Crippen LogP contribution is -2.13. The molecule has 1 atom stereocenters. The summed E-state index contributed by atoms with van der Waals surface area (Å²) < 4.78 is 2.73. The smallest absolute Gasteiger partial charge is 0.106 e. The van der Waals surface area contributed by atoms with Crippen LogP contribution < -0.4 is 0 Å². The molecule has 1 unspecified atom stereocenters. The number of halogens is 1. The third-order valence-corrected chi connectivity index (χ3v) is 4.94. The van der Waals surface area contributed by atoms with Gasteiger partial charge in [0.1, 0.15) is 6.10 Å². The quantitative estimate of drug-likeness (QED) is 0.810. The number of rotatable bonds is 5. The van der Waals surface area contributed by atoms with Gasteiger partial charge in [-0.15, -0.1) is 11.8 Å². The van der Waals surface area contributed by atoms with E-state index in [1.165, 1.54) is 10.5 Å². The predicted octanol–water partition coefficient (Wildman–Crippen LogP) is 4.36. The lowest BCUT2D eigenvalue weighted by molar-refractivity contribution is 0.188. The van der Waals surface area contributed by atoms with Crippen molar-refractivity contribution in [2.24, 2.45) is 0 Å². The van der Waals surface area contributed by atoms with Crippen LogP contribution in [-0.2, 0) is 0 Å². The highest BCUT2D eigenvalue weighted by molar-refractivity contribution is 9.10. The lowest BCUT2D eigenvalue weighted by Gasteiger charge is -2.16. The highest BCUT2D eigenvalue weighted by Gasteiger charge is 2.19. The first-order valence-electron chi connectivity index (χ1n) is 6.60. The SMILES string of the molecule is Cc1ccccc1SCC(O)c1c(Br)cnn1C(C)C. The van der Waals surface area contributed by atoms with Crippen molar-refractivity contribution < 1.29 is 5.11 Å². The molecule has 0 bridgehead atoms. The van der Waals surface area contributed by atoms with Gasteiger partial charge in [0.05, 0.1) is 16.4 Å². The number of hydrogen-bond donors (Lipinski definition) is 1. The Morgan fingerprint density at radius 1 is 1.35 bits per heavy atom. The van der Waals surface area contributed by atoms with Crippen molar-refractivity contribution in [1.82, 2.24) is 9.78 Å². The van der Waals surface area contributed by atoms with Crippen LogP contribution in [0.25, 0.3) is 0 Å². The Morgan fingerprint density at radius 2 is 2.05 bits per heavy atom. The van der Waals surface area contributed by atoms with E-state index in [2.05, 4.69) is 53.9 Å². The summed E-state index contributed by atoms with van der Waals surface area (Å²) in [6.45, 7) is 6.21. The van der Waals surface area contributed by atoms with Crippen LogP contribution in [0.5, 0.6) is 0 Å². The van der Waals surface area contributed by atoms with E-state index in [0.717, 1.165) is 10.2 Å².